The van der Waals surface area contributed by atoms with E-state index in [0.717, 1.165) is 11.1 Å². The molecule has 0 radical (unpaired) electrons. The van der Waals surface area contributed by atoms with Crippen LogP contribution in [0.1, 0.15) is 16.7 Å². The predicted molar refractivity (Wildman–Crippen MR) is 128 cm³/mol. The number of halogens is 3. The van der Waals surface area contributed by atoms with Gasteiger partial charge in [0.2, 0.25) is 0 Å². The third kappa shape index (κ3) is 5.89. The molecule has 3 aromatic carbocycles. The maximum atomic E-state index is 12.6. The van der Waals surface area contributed by atoms with Crippen LogP contribution in [0, 0.1) is 18.3 Å². The zero-order valence-corrected chi connectivity index (χ0v) is 19.6. The second-order valence-corrected chi connectivity index (χ2v) is 8.28. The lowest BCUT2D eigenvalue weighted by Gasteiger charge is -2.11. The molecule has 7 heteroatoms. The van der Waals surface area contributed by atoms with Crippen molar-refractivity contribution in [3.63, 3.8) is 0 Å². The van der Waals surface area contributed by atoms with E-state index < -0.39 is 5.91 Å². The summed E-state index contributed by atoms with van der Waals surface area (Å²) < 4.78 is 6.52. The molecule has 1 N–H and O–H groups in total. The van der Waals surface area contributed by atoms with E-state index in [0.29, 0.717) is 38.1 Å². The van der Waals surface area contributed by atoms with Crippen LogP contribution in [-0.2, 0) is 11.4 Å². The fourth-order valence-corrected chi connectivity index (χ4v) is 3.62. The fraction of sp³-hybridized carbons (Fsp3) is 0.0833. The highest BCUT2D eigenvalue weighted by Gasteiger charge is 2.13. The number of ether oxygens (including phenoxy) is 1. The monoisotopic (exact) mass is 514 g/mol. The van der Waals surface area contributed by atoms with Gasteiger partial charge in [0, 0.05) is 21.3 Å². The largest absolute Gasteiger partial charge is 0.488 e. The van der Waals surface area contributed by atoms with Crippen LogP contribution < -0.4 is 10.1 Å². The molecule has 156 valence electrons. The van der Waals surface area contributed by atoms with Crippen molar-refractivity contribution in [3.05, 3.63) is 97.4 Å². The highest BCUT2D eigenvalue weighted by molar-refractivity contribution is 9.10. The number of anilines is 1. The number of hydrogen-bond donors (Lipinski definition) is 1. The van der Waals surface area contributed by atoms with Crippen LogP contribution in [0.4, 0.5) is 5.69 Å². The molecule has 0 aliphatic rings. The number of nitriles is 1. The minimum absolute atomic E-state index is 0.0315. The maximum absolute atomic E-state index is 12.6. The Kier molecular flexibility index (Phi) is 7.75. The van der Waals surface area contributed by atoms with E-state index in [1.807, 2.05) is 30.3 Å². The number of nitrogens with zero attached hydrogens (tertiary/aromatic N) is 1. The Labute approximate surface area is 199 Å². The molecule has 3 rings (SSSR count). The summed E-state index contributed by atoms with van der Waals surface area (Å²) in [7, 11) is 0. The third-order valence-corrected chi connectivity index (χ3v) is 5.89. The fourth-order valence-electron chi connectivity index (χ4n) is 2.74. The Morgan fingerprint density at radius 3 is 2.58 bits per heavy atom. The van der Waals surface area contributed by atoms with Gasteiger partial charge in [-0.15, -0.1) is 0 Å². The second-order valence-electron chi connectivity index (χ2n) is 6.61. The van der Waals surface area contributed by atoms with Crippen molar-refractivity contribution in [2.24, 2.45) is 0 Å². The van der Waals surface area contributed by atoms with Crippen LogP contribution in [0.5, 0.6) is 5.75 Å². The van der Waals surface area contributed by atoms with Crippen LogP contribution in [0.25, 0.3) is 6.08 Å². The molecule has 0 bridgehead atoms. The summed E-state index contributed by atoms with van der Waals surface area (Å²) in [6.45, 7) is 2.12. The van der Waals surface area contributed by atoms with Gasteiger partial charge in [-0.25, -0.2) is 0 Å². The number of hydrogen-bond acceptors (Lipinski definition) is 3. The number of carbonyl (C=O) groups excluding carboxylic acids is 1. The zero-order chi connectivity index (χ0) is 22.4. The van der Waals surface area contributed by atoms with Crippen molar-refractivity contribution < 1.29 is 9.53 Å². The van der Waals surface area contributed by atoms with Crippen molar-refractivity contribution in [1.82, 2.24) is 0 Å². The van der Waals surface area contributed by atoms with Crippen LogP contribution in [0.3, 0.4) is 0 Å². The highest BCUT2D eigenvalue weighted by atomic mass is 79.9. The average molecular weight is 516 g/mol. The van der Waals surface area contributed by atoms with E-state index in [1.54, 1.807) is 43.3 Å². The van der Waals surface area contributed by atoms with Crippen molar-refractivity contribution in [2.75, 3.05) is 5.32 Å². The minimum atomic E-state index is -0.511. The summed E-state index contributed by atoms with van der Waals surface area (Å²) >= 11 is 15.7. The van der Waals surface area contributed by atoms with Crippen LogP contribution in [-0.4, -0.2) is 5.91 Å². The Morgan fingerprint density at radius 1 is 1.13 bits per heavy atom. The standard InChI is InChI=1S/C24H17BrCl2N2O2/c1-15-20(26)7-4-8-22(15)29-24(30)18(13-28)11-16-9-10-23(19(25)12-16)31-14-17-5-2-3-6-21(17)27/h2-12H,14H2,1H3,(H,29,30)/b18-11-. The lowest BCUT2D eigenvalue weighted by atomic mass is 10.1. The van der Waals surface area contributed by atoms with Crippen molar-refractivity contribution in [2.45, 2.75) is 13.5 Å². The molecule has 0 aliphatic heterocycles. The number of benzene rings is 3. The summed E-state index contributed by atoms with van der Waals surface area (Å²) in [6, 6.07) is 19.9. The van der Waals surface area contributed by atoms with E-state index in [2.05, 4.69) is 21.2 Å². The average Bonchev–Trinajstić information content (AvgIpc) is 2.75. The van der Waals surface area contributed by atoms with Gasteiger partial charge >= 0.3 is 0 Å². The first-order valence-electron chi connectivity index (χ1n) is 9.23. The number of nitrogens with one attached hydrogen (secondary N) is 1. The van der Waals surface area contributed by atoms with Gasteiger partial charge in [-0.3, -0.25) is 4.79 Å². The Morgan fingerprint density at radius 2 is 1.87 bits per heavy atom. The maximum Gasteiger partial charge on any atom is 0.266 e. The molecule has 0 aromatic heterocycles. The van der Waals surface area contributed by atoms with Crippen LogP contribution >= 0.6 is 39.1 Å². The van der Waals surface area contributed by atoms with Gasteiger partial charge in [0.1, 0.15) is 24.0 Å². The van der Waals surface area contributed by atoms with Gasteiger partial charge in [-0.05, 0) is 70.4 Å². The summed E-state index contributed by atoms with van der Waals surface area (Å²) in [4.78, 5) is 12.6. The van der Waals surface area contributed by atoms with Crippen LogP contribution in [0.2, 0.25) is 10.0 Å². The summed E-state index contributed by atoms with van der Waals surface area (Å²) in [5, 5.41) is 13.4. The van der Waals surface area contributed by atoms with Crippen molar-refractivity contribution in [3.8, 4) is 11.8 Å². The first-order valence-corrected chi connectivity index (χ1v) is 10.8. The lowest BCUT2D eigenvalue weighted by molar-refractivity contribution is -0.112. The van der Waals surface area contributed by atoms with Gasteiger partial charge in [0.25, 0.3) is 5.91 Å². The first kappa shape index (κ1) is 22.9. The molecule has 0 heterocycles. The molecule has 3 aromatic rings. The van der Waals surface area contributed by atoms with E-state index >= 15 is 0 Å². The Hall–Kier alpha value is -2.78. The highest BCUT2D eigenvalue weighted by Crippen LogP contribution is 2.29. The molecule has 0 atom stereocenters. The van der Waals surface area contributed by atoms with Gasteiger partial charge in [-0.2, -0.15) is 5.26 Å². The molecule has 4 nitrogen and oxygen atoms in total. The third-order valence-electron chi connectivity index (χ3n) is 4.49. The molecule has 1 amide bonds. The Bertz CT molecular complexity index is 1200. The normalized spacial score (nSPS) is 11.0. The quantitative estimate of drug-likeness (QED) is 0.279. The van der Waals surface area contributed by atoms with Crippen molar-refractivity contribution in [1.29, 1.82) is 5.26 Å². The molecule has 0 fully saturated rings. The Balaban J connectivity index is 1.74. The minimum Gasteiger partial charge on any atom is -0.488 e. The zero-order valence-electron chi connectivity index (χ0n) is 16.5. The number of rotatable bonds is 6. The second kappa shape index (κ2) is 10.5. The van der Waals surface area contributed by atoms with E-state index in [4.69, 9.17) is 27.9 Å². The van der Waals surface area contributed by atoms with E-state index in [9.17, 15) is 10.1 Å². The lowest BCUT2D eigenvalue weighted by Crippen LogP contribution is -2.14. The van der Waals surface area contributed by atoms with Gasteiger partial charge in [-0.1, -0.05) is 53.5 Å². The van der Waals surface area contributed by atoms with E-state index in [1.165, 1.54) is 6.08 Å². The predicted octanol–water partition coefficient (Wildman–Crippen LogP) is 7.19. The molecular weight excluding hydrogens is 499 g/mol. The van der Waals surface area contributed by atoms with Gasteiger partial charge in [0.05, 0.1) is 4.47 Å². The molecule has 0 aliphatic carbocycles. The van der Waals surface area contributed by atoms with Crippen molar-refractivity contribution >= 4 is 56.8 Å². The van der Waals surface area contributed by atoms with E-state index in [-0.39, 0.29) is 5.57 Å². The molecule has 31 heavy (non-hydrogen) atoms. The van der Waals surface area contributed by atoms with Gasteiger partial charge in [0.15, 0.2) is 0 Å². The molecule has 0 spiro atoms. The number of carbonyl (C=O) groups is 1. The summed E-state index contributed by atoms with van der Waals surface area (Å²) in [5.74, 6) is 0.109. The molecular formula is C24H17BrCl2N2O2. The summed E-state index contributed by atoms with van der Waals surface area (Å²) in [6.07, 6.45) is 1.51. The summed E-state index contributed by atoms with van der Waals surface area (Å²) in [5.41, 5.74) is 2.81. The number of amides is 1. The molecule has 0 saturated heterocycles. The smallest absolute Gasteiger partial charge is 0.266 e. The van der Waals surface area contributed by atoms with Crippen LogP contribution in [0.15, 0.2) is 70.7 Å². The van der Waals surface area contributed by atoms with Gasteiger partial charge < -0.3 is 10.1 Å². The molecule has 0 unspecified atom stereocenters. The first-order chi connectivity index (χ1) is 14.9. The molecule has 0 saturated carbocycles. The topological polar surface area (TPSA) is 62.1 Å². The SMILES string of the molecule is Cc1c(Cl)cccc1NC(=O)/C(C#N)=C\c1ccc(OCc2ccccc2Cl)c(Br)c1.